The summed E-state index contributed by atoms with van der Waals surface area (Å²) < 4.78 is 0. The van der Waals surface area contributed by atoms with Crippen LogP contribution in [0.5, 0.6) is 0 Å². The van der Waals surface area contributed by atoms with E-state index in [0.29, 0.717) is 43.2 Å². The predicted molar refractivity (Wildman–Crippen MR) is 287 cm³/mol. The number of benzene rings is 3. The van der Waals surface area contributed by atoms with Crippen molar-refractivity contribution in [3.63, 3.8) is 0 Å². The topological polar surface area (TPSA) is 187 Å². The molecule has 17 heteroatoms. The Bertz CT molecular complexity index is 2870. The van der Waals surface area contributed by atoms with Gasteiger partial charge in [-0.2, -0.15) is 0 Å². The Kier molecular flexibility index (Phi) is 15.3. The third-order valence-corrected chi connectivity index (χ3v) is 16.2. The van der Waals surface area contributed by atoms with Gasteiger partial charge in [-0.1, -0.05) is 80.9 Å². The van der Waals surface area contributed by atoms with Gasteiger partial charge >= 0.3 is 0 Å². The molecule has 3 aliphatic heterocycles. The van der Waals surface area contributed by atoms with Crippen LogP contribution in [-0.2, 0) is 25.6 Å². The molecule has 1 unspecified atom stereocenters. The van der Waals surface area contributed by atoms with Gasteiger partial charge in [-0.05, 0) is 106 Å². The normalized spacial score (nSPS) is 18.9. The number of hydrogen-bond donors (Lipinski definition) is 5. The lowest BCUT2D eigenvalue weighted by atomic mass is 9.85. The Hall–Kier alpha value is -6.23. The van der Waals surface area contributed by atoms with Crippen LogP contribution in [0.2, 0.25) is 5.02 Å². The van der Waals surface area contributed by atoms with Crippen molar-refractivity contribution in [3.05, 3.63) is 122 Å². The molecule has 5 atom stereocenters. The Labute approximate surface area is 429 Å². The highest BCUT2D eigenvalue weighted by atomic mass is 35.5. The number of amidine groups is 2. The number of aromatic nitrogens is 1. The van der Waals surface area contributed by atoms with Gasteiger partial charge in [0.25, 0.3) is 0 Å². The molecule has 5 aromatic rings. The van der Waals surface area contributed by atoms with Crippen LogP contribution in [0.15, 0.2) is 83.3 Å². The first kappa shape index (κ1) is 51.1. The highest BCUT2D eigenvalue weighted by Gasteiger charge is 2.42. The smallest absolute Gasteiger partial charge is 0.246 e. The lowest BCUT2D eigenvalue weighted by Gasteiger charge is -2.35. The molecule has 0 saturated carbocycles. The summed E-state index contributed by atoms with van der Waals surface area (Å²) in [6.45, 7) is 17.1. The predicted octanol–water partition coefficient (Wildman–Crippen LogP) is 9.18. The number of halogens is 1. The molecule has 0 radical (unpaired) electrons. The molecule has 0 bridgehead atoms. The molecule has 0 spiro atoms. The van der Waals surface area contributed by atoms with Gasteiger partial charge in [0.05, 0.1) is 40.7 Å². The zero-order chi connectivity index (χ0) is 50.9. The molecule has 372 valence electrons. The van der Waals surface area contributed by atoms with Gasteiger partial charge in [0.1, 0.15) is 34.8 Å². The Morgan fingerprint density at radius 3 is 2.24 bits per heavy atom. The summed E-state index contributed by atoms with van der Waals surface area (Å²) in [6.07, 6.45) is 1.98. The Morgan fingerprint density at radius 1 is 0.901 bits per heavy atom. The molecule has 4 amide bonds. The largest absolute Gasteiger partial charge is 0.369 e. The van der Waals surface area contributed by atoms with E-state index < -0.39 is 23.5 Å². The van der Waals surface area contributed by atoms with Gasteiger partial charge in [0.15, 0.2) is 0 Å². The number of aryl methyl sites for hydroxylation is 2. The first-order valence-electron chi connectivity index (χ1n) is 24.2. The summed E-state index contributed by atoms with van der Waals surface area (Å²) in [5, 5.41) is 28.6. The van der Waals surface area contributed by atoms with E-state index in [4.69, 9.17) is 22.0 Å². The van der Waals surface area contributed by atoms with Crippen LogP contribution in [-0.4, -0.2) is 94.7 Å². The quantitative estimate of drug-likeness (QED) is 0.0575. The maximum absolute atomic E-state index is 14.3. The number of nitrogens with one attached hydrogen (secondary N) is 5. The van der Waals surface area contributed by atoms with Crippen LogP contribution in [0.3, 0.4) is 0 Å². The molecule has 8 rings (SSSR count). The molecule has 0 aliphatic carbocycles. The van der Waals surface area contributed by atoms with Crippen molar-refractivity contribution in [3.8, 4) is 10.4 Å². The highest BCUT2D eigenvalue weighted by molar-refractivity contribution is 7.17. The monoisotopic (exact) mass is 1010 g/mol. The number of aliphatic imine (C=N–C) groups is 1. The second-order valence-corrected chi connectivity index (χ2v) is 22.5. The van der Waals surface area contributed by atoms with Crippen molar-refractivity contribution < 1.29 is 19.2 Å². The first-order chi connectivity index (χ1) is 33.8. The van der Waals surface area contributed by atoms with E-state index in [9.17, 15) is 24.6 Å². The third kappa shape index (κ3) is 11.3. The number of fused-ring (bicyclic) bond motifs is 1. The average molecular weight is 1020 g/mol. The number of amides is 4. The van der Waals surface area contributed by atoms with Gasteiger partial charge in [-0.15, -0.1) is 22.7 Å². The molecule has 2 aromatic heterocycles. The van der Waals surface area contributed by atoms with Crippen molar-refractivity contribution in [1.29, 1.82) is 10.8 Å². The summed E-state index contributed by atoms with van der Waals surface area (Å²) in [4.78, 5) is 72.5. The van der Waals surface area contributed by atoms with Crippen LogP contribution < -0.4 is 25.8 Å². The fourth-order valence-corrected chi connectivity index (χ4v) is 11.9. The Morgan fingerprint density at radius 2 is 1.59 bits per heavy atom. The molecular formula is C54H63ClN10O4S2. The summed E-state index contributed by atoms with van der Waals surface area (Å²) in [7, 11) is 0. The number of nitrogens with zero attached hydrogens (tertiary/aromatic N) is 5. The molecule has 5 heterocycles. The van der Waals surface area contributed by atoms with Crippen LogP contribution in [0.25, 0.3) is 10.4 Å². The summed E-state index contributed by atoms with van der Waals surface area (Å²) in [5.41, 5.74) is 9.36. The van der Waals surface area contributed by atoms with E-state index in [1.54, 1.807) is 40.2 Å². The zero-order valence-electron chi connectivity index (χ0n) is 41.6. The second-order valence-electron chi connectivity index (χ2n) is 20.0. The van der Waals surface area contributed by atoms with Crippen LogP contribution in [0.4, 0.5) is 10.7 Å². The fraction of sp³-hybridized carbons (Fsp3) is 0.407. The lowest BCUT2D eigenvalue weighted by molar-refractivity contribution is -0.144. The van der Waals surface area contributed by atoms with Gasteiger partial charge in [-0.3, -0.25) is 39.9 Å². The van der Waals surface area contributed by atoms with E-state index in [0.717, 1.165) is 65.9 Å². The second kappa shape index (κ2) is 21.2. The van der Waals surface area contributed by atoms with E-state index in [2.05, 4.69) is 25.8 Å². The number of rotatable bonds is 13. The first-order valence-corrected chi connectivity index (χ1v) is 26.3. The number of thiophene rings is 1. The standard InChI is InChI=1S/C54H63ClN10O4S2/c1-30-33(4)71-53-46(30)47(37-17-19-39(55)20-18-37)61-42(50(57)65(53)34(5)56)27-45(67)60-40-23-25-63(28-40)41-21-11-35(12-22-41)26-44(66)62-49(54(6,7)8)52(69)64-24-9-10-43(64)51(68)59-31(2)36-13-15-38(16-14-36)48-32(3)58-29-70-48/h11-22,29,31,40,42-43,49,56-57H,9-10,23-28H2,1-8H3,(H,59,68)(H,60,67)(H,62,66)/t31-,40?,42-,43-,49+/m0/s1. The maximum Gasteiger partial charge on any atom is 0.246 e. The van der Waals surface area contributed by atoms with Crippen LogP contribution in [0.1, 0.15) is 105 Å². The number of likely N-dealkylation sites (tertiary alicyclic amines) is 1. The van der Waals surface area contributed by atoms with Gasteiger partial charge in [0.2, 0.25) is 23.6 Å². The molecule has 3 aromatic carbocycles. The number of carbonyl (C=O) groups excluding carboxylic acids is 4. The maximum atomic E-state index is 14.3. The molecule has 71 heavy (non-hydrogen) atoms. The molecular weight excluding hydrogens is 952 g/mol. The lowest BCUT2D eigenvalue weighted by Crippen LogP contribution is -2.58. The van der Waals surface area contributed by atoms with Gasteiger partial charge in [0, 0.05) is 52.4 Å². The van der Waals surface area contributed by atoms with Crippen molar-refractivity contribution in [2.45, 2.75) is 118 Å². The van der Waals surface area contributed by atoms with E-state index in [1.807, 2.05) is 115 Å². The van der Waals surface area contributed by atoms with Crippen molar-refractivity contribution in [2.75, 3.05) is 29.4 Å². The minimum absolute atomic E-state index is 0.0559. The number of hydrogen-bond acceptors (Lipinski definition) is 11. The zero-order valence-corrected chi connectivity index (χ0v) is 44.0. The van der Waals surface area contributed by atoms with E-state index in [-0.39, 0.29) is 60.2 Å². The molecule has 5 N–H and O–H groups in total. The van der Waals surface area contributed by atoms with E-state index in [1.165, 1.54) is 11.3 Å². The molecule has 14 nitrogen and oxygen atoms in total. The summed E-state index contributed by atoms with van der Waals surface area (Å²) in [5.74, 6) is -0.724. The Balaban J connectivity index is 0.855. The third-order valence-electron chi connectivity index (χ3n) is 13.7. The van der Waals surface area contributed by atoms with Crippen LogP contribution in [0, 0.1) is 37.0 Å². The fourth-order valence-electron chi connectivity index (χ4n) is 9.70. The van der Waals surface area contributed by atoms with Crippen molar-refractivity contribution in [2.24, 2.45) is 10.4 Å². The minimum Gasteiger partial charge on any atom is -0.369 e. The number of thiazole rings is 1. The summed E-state index contributed by atoms with van der Waals surface area (Å²) in [6, 6.07) is 20.6. The van der Waals surface area contributed by atoms with Gasteiger partial charge < -0.3 is 25.8 Å². The van der Waals surface area contributed by atoms with Gasteiger partial charge in [-0.25, -0.2) is 4.98 Å². The molecule has 2 saturated heterocycles. The highest BCUT2D eigenvalue weighted by Crippen LogP contribution is 2.40. The molecule has 3 aliphatic rings. The van der Waals surface area contributed by atoms with E-state index >= 15 is 0 Å². The molecule has 2 fully saturated rings. The minimum atomic E-state index is -0.841. The van der Waals surface area contributed by atoms with Crippen LogP contribution >= 0.6 is 34.3 Å². The average Bonchev–Trinajstić information content (AvgIpc) is 4.14. The van der Waals surface area contributed by atoms with Crippen molar-refractivity contribution in [1.82, 2.24) is 25.8 Å². The SMILES string of the molecule is CC(=N)N1C(=N)[C@H](CC(=O)NC2CCN(c3ccc(CC(=O)N[C@H](C(=O)N4CCC[C@H]4C(=O)N[C@@H](C)c4ccc(-c5scnc5C)cc4)C(C)(C)C)cc3)C2)N=C(c2ccc(Cl)cc2)c2c1sc(C)c2C. The van der Waals surface area contributed by atoms with Crippen molar-refractivity contribution >= 4 is 86.0 Å². The number of anilines is 2. The number of carbonyl (C=O) groups is 4. The summed E-state index contributed by atoms with van der Waals surface area (Å²) >= 11 is 9.37.